The van der Waals surface area contributed by atoms with Gasteiger partial charge in [-0.25, -0.2) is 0 Å². The zero-order valence-electron chi connectivity index (χ0n) is 13.6. The van der Waals surface area contributed by atoms with Crippen molar-refractivity contribution >= 4 is 5.91 Å². The van der Waals surface area contributed by atoms with Crippen molar-refractivity contribution in [2.75, 3.05) is 26.7 Å². The van der Waals surface area contributed by atoms with Crippen molar-refractivity contribution in [1.29, 1.82) is 0 Å². The second-order valence-electron chi connectivity index (χ2n) is 6.97. The third-order valence-electron chi connectivity index (χ3n) is 4.90. The number of nitrogens with zero attached hydrogens (tertiary/aromatic N) is 2. The van der Waals surface area contributed by atoms with Crippen LogP contribution >= 0.6 is 0 Å². The van der Waals surface area contributed by atoms with Gasteiger partial charge in [0, 0.05) is 13.1 Å². The van der Waals surface area contributed by atoms with E-state index >= 15 is 0 Å². The van der Waals surface area contributed by atoms with E-state index in [2.05, 4.69) is 42.9 Å². The number of carbonyl (C=O) groups excluding carboxylic acids is 1. The third-order valence-corrected chi connectivity index (χ3v) is 4.90. The van der Waals surface area contributed by atoms with Crippen LogP contribution in [0.5, 0.6) is 0 Å². The maximum Gasteiger partial charge on any atom is 0.244 e. The fourth-order valence-electron chi connectivity index (χ4n) is 3.54. The first-order valence-corrected chi connectivity index (χ1v) is 8.26. The Hall–Kier alpha value is -0.610. The molecule has 4 nitrogen and oxygen atoms in total. The van der Waals surface area contributed by atoms with Crippen LogP contribution in [0.3, 0.4) is 0 Å². The number of hydrogen-bond acceptors (Lipinski definition) is 3. The summed E-state index contributed by atoms with van der Waals surface area (Å²) in [6.07, 6.45) is 5.74. The van der Waals surface area contributed by atoms with Gasteiger partial charge in [0.1, 0.15) is 0 Å². The average molecular weight is 281 g/mol. The van der Waals surface area contributed by atoms with Crippen LogP contribution in [0, 0.1) is 5.92 Å². The lowest BCUT2D eigenvalue weighted by molar-refractivity contribution is -0.133. The average Bonchev–Trinajstić information content (AvgIpc) is 2.95. The van der Waals surface area contributed by atoms with Gasteiger partial charge in [-0.3, -0.25) is 10.1 Å². The summed E-state index contributed by atoms with van der Waals surface area (Å²) in [7, 11) is 2.12. The van der Waals surface area contributed by atoms with E-state index in [1.165, 1.54) is 12.8 Å². The van der Waals surface area contributed by atoms with Gasteiger partial charge in [-0.2, -0.15) is 0 Å². The summed E-state index contributed by atoms with van der Waals surface area (Å²) in [4.78, 5) is 17.3. The molecule has 1 saturated carbocycles. The van der Waals surface area contributed by atoms with Gasteiger partial charge in [0.05, 0.1) is 11.7 Å². The minimum Gasteiger partial charge on any atom is -0.324 e. The van der Waals surface area contributed by atoms with Crippen LogP contribution in [-0.2, 0) is 4.79 Å². The second-order valence-corrected chi connectivity index (χ2v) is 6.97. The molecule has 116 valence electrons. The molecule has 20 heavy (non-hydrogen) atoms. The first-order valence-electron chi connectivity index (χ1n) is 8.26. The number of likely N-dealkylation sites (N-methyl/N-ethyl adjacent to an activating group) is 1. The van der Waals surface area contributed by atoms with Crippen LogP contribution in [0.4, 0.5) is 0 Å². The highest BCUT2D eigenvalue weighted by molar-refractivity contribution is 5.89. The van der Waals surface area contributed by atoms with Crippen LogP contribution in [0.1, 0.15) is 52.9 Å². The Balaban J connectivity index is 2.05. The molecule has 1 unspecified atom stereocenters. The largest absolute Gasteiger partial charge is 0.324 e. The first-order chi connectivity index (χ1) is 9.48. The Labute approximate surface area is 123 Å². The zero-order valence-corrected chi connectivity index (χ0v) is 13.6. The second kappa shape index (κ2) is 6.44. The zero-order chi connectivity index (χ0) is 14.8. The summed E-state index contributed by atoms with van der Waals surface area (Å²) in [6.45, 7) is 9.50. The van der Waals surface area contributed by atoms with Gasteiger partial charge in [-0.1, -0.05) is 33.6 Å². The summed E-state index contributed by atoms with van der Waals surface area (Å²) in [5.41, 5.74) is -0.218. The summed E-state index contributed by atoms with van der Waals surface area (Å²) in [5.74, 6) is 0.980. The minimum atomic E-state index is -0.218. The van der Waals surface area contributed by atoms with Crippen LogP contribution in [0.25, 0.3) is 0 Å². The van der Waals surface area contributed by atoms with Crippen molar-refractivity contribution in [3.05, 3.63) is 0 Å². The Kier molecular flexibility index (Phi) is 5.08. The number of hydrogen-bond donors (Lipinski definition) is 1. The normalized spacial score (nSPS) is 25.6. The van der Waals surface area contributed by atoms with Crippen molar-refractivity contribution < 1.29 is 4.79 Å². The molecule has 2 aliphatic rings. The Morgan fingerprint density at radius 1 is 1.40 bits per heavy atom. The van der Waals surface area contributed by atoms with E-state index in [0.29, 0.717) is 11.8 Å². The molecule has 1 aliphatic carbocycles. The van der Waals surface area contributed by atoms with E-state index in [4.69, 9.17) is 0 Å². The van der Waals surface area contributed by atoms with Crippen molar-refractivity contribution in [3.63, 3.8) is 0 Å². The van der Waals surface area contributed by atoms with Crippen molar-refractivity contribution in [1.82, 2.24) is 15.1 Å². The maximum atomic E-state index is 12.9. The van der Waals surface area contributed by atoms with E-state index in [-0.39, 0.29) is 11.7 Å². The standard InChI is InChI=1S/C16H31N3O/c1-5-18(4)10-11-19-14(12-13(2)3)17-16(15(19)20)8-6-7-9-16/h13-14,17H,5-12H2,1-4H3. The fourth-order valence-corrected chi connectivity index (χ4v) is 3.54. The van der Waals surface area contributed by atoms with Gasteiger partial charge in [0.25, 0.3) is 0 Å². The smallest absolute Gasteiger partial charge is 0.244 e. The van der Waals surface area contributed by atoms with E-state index in [1.54, 1.807) is 0 Å². The lowest BCUT2D eigenvalue weighted by Gasteiger charge is -2.27. The van der Waals surface area contributed by atoms with Crippen molar-refractivity contribution in [3.8, 4) is 0 Å². The highest BCUT2D eigenvalue weighted by atomic mass is 16.2. The van der Waals surface area contributed by atoms with Crippen molar-refractivity contribution in [2.24, 2.45) is 5.92 Å². The van der Waals surface area contributed by atoms with Crippen molar-refractivity contribution in [2.45, 2.75) is 64.6 Å². The number of carbonyl (C=O) groups is 1. The monoisotopic (exact) mass is 281 g/mol. The Morgan fingerprint density at radius 3 is 2.60 bits per heavy atom. The molecule has 1 heterocycles. The number of rotatable bonds is 6. The van der Waals surface area contributed by atoms with Gasteiger partial charge in [0.2, 0.25) is 5.91 Å². The topological polar surface area (TPSA) is 35.6 Å². The van der Waals surface area contributed by atoms with Gasteiger partial charge in [-0.05, 0) is 38.8 Å². The lowest BCUT2D eigenvalue weighted by Crippen LogP contribution is -2.45. The van der Waals surface area contributed by atoms with Gasteiger partial charge < -0.3 is 9.80 Å². The summed E-state index contributed by atoms with van der Waals surface area (Å²) < 4.78 is 0. The molecule has 1 spiro atoms. The highest BCUT2D eigenvalue weighted by Crippen LogP contribution is 2.37. The SMILES string of the molecule is CCN(C)CCN1C(=O)C2(CCCC2)NC1CC(C)C. The minimum absolute atomic E-state index is 0.218. The quantitative estimate of drug-likeness (QED) is 0.809. The van der Waals surface area contributed by atoms with E-state index in [1.807, 2.05) is 0 Å². The molecule has 0 bridgehead atoms. The van der Waals surface area contributed by atoms with Crippen LogP contribution < -0.4 is 5.32 Å². The first kappa shape index (κ1) is 15.8. The number of amides is 1. The molecule has 4 heteroatoms. The number of nitrogens with one attached hydrogen (secondary N) is 1. The van der Waals surface area contributed by atoms with E-state index in [9.17, 15) is 4.79 Å². The highest BCUT2D eigenvalue weighted by Gasteiger charge is 2.51. The molecule has 1 N–H and O–H groups in total. The predicted octanol–water partition coefficient (Wildman–Crippen LogP) is 2.05. The summed E-state index contributed by atoms with van der Waals surface area (Å²) >= 11 is 0. The maximum absolute atomic E-state index is 12.9. The summed E-state index contributed by atoms with van der Waals surface area (Å²) in [5, 5.41) is 3.70. The Morgan fingerprint density at radius 2 is 2.05 bits per heavy atom. The lowest BCUT2D eigenvalue weighted by atomic mass is 9.98. The van der Waals surface area contributed by atoms with Gasteiger partial charge >= 0.3 is 0 Å². The molecule has 1 aliphatic heterocycles. The predicted molar refractivity (Wildman–Crippen MR) is 82.5 cm³/mol. The molecule has 0 radical (unpaired) electrons. The van der Waals surface area contributed by atoms with Crippen LogP contribution in [0.15, 0.2) is 0 Å². The molecule has 2 fully saturated rings. The fraction of sp³-hybridized carbons (Fsp3) is 0.938. The molecule has 0 aromatic carbocycles. The molecule has 0 aromatic heterocycles. The third kappa shape index (κ3) is 3.17. The van der Waals surface area contributed by atoms with E-state index in [0.717, 1.165) is 38.9 Å². The molecule has 1 atom stereocenters. The van der Waals surface area contributed by atoms with Gasteiger partial charge in [-0.15, -0.1) is 0 Å². The summed E-state index contributed by atoms with van der Waals surface area (Å²) in [6, 6.07) is 0. The molecule has 0 aromatic rings. The molecule has 1 amide bonds. The molecule has 2 rings (SSSR count). The van der Waals surface area contributed by atoms with Gasteiger partial charge in [0.15, 0.2) is 0 Å². The molecular weight excluding hydrogens is 250 g/mol. The molecular formula is C16H31N3O. The van der Waals surface area contributed by atoms with E-state index < -0.39 is 0 Å². The Bertz CT molecular complexity index is 337. The van der Waals surface area contributed by atoms with Crippen LogP contribution in [0.2, 0.25) is 0 Å². The molecule has 1 saturated heterocycles. The van der Waals surface area contributed by atoms with Crippen LogP contribution in [-0.4, -0.2) is 54.1 Å².